The highest BCUT2D eigenvalue weighted by Crippen LogP contribution is 2.34. The van der Waals surface area contributed by atoms with Crippen molar-refractivity contribution < 1.29 is 14.3 Å². The van der Waals surface area contributed by atoms with Gasteiger partial charge < -0.3 is 15.3 Å². The van der Waals surface area contributed by atoms with Crippen LogP contribution in [0.15, 0.2) is 66.7 Å². The monoisotopic (exact) mass is 364 g/mol. The number of aromatic nitrogens is 2. The van der Waals surface area contributed by atoms with Gasteiger partial charge in [0, 0.05) is 5.69 Å². The lowest BCUT2D eigenvalue weighted by atomic mass is 9.86. The first-order valence-corrected chi connectivity index (χ1v) is 8.47. The van der Waals surface area contributed by atoms with Gasteiger partial charge >= 0.3 is 0 Å². The molecular formula is C20H17FN4O2. The SMILES string of the molecule is O=C(Nc1ccccc1)c1ccc(N2CC(O)(c3ccc(F)cc3)C2)nn1. The lowest BCUT2D eigenvalue weighted by Crippen LogP contribution is -2.59. The molecule has 0 bridgehead atoms. The number of carbonyl (C=O) groups excluding carboxylic acids is 1. The molecular weight excluding hydrogens is 347 g/mol. The molecule has 4 rings (SSSR count). The molecule has 0 saturated carbocycles. The Bertz CT molecular complexity index is 940. The Labute approximate surface area is 155 Å². The van der Waals surface area contributed by atoms with E-state index in [0.717, 1.165) is 0 Å². The molecule has 0 unspecified atom stereocenters. The summed E-state index contributed by atoms with van der Waals surface area (Å²) < 4.78 is 13.0. The molecule has 0 radical (unpaired) electrons. The number of para-hydroxylation sites is 1. The van der Waals surface area contributed by atoms with E-state index in [9.17, 15) is 14.3 Å². The number of anilines is 2. The standard InChI is InChI=1S/C20H17FN4O2/c21-15-8-6-14(7-9-15)20(27)12-25(13-20)18-11-10-17(23-24-18)19(26)22-16-4-2-1-3-5-16/h1-11,27H,12-13H2,(H,22,26). The van der Waals surface area contributed by atoms with Gasteiger partial charge in [-0.2, -0.15) is 0 Å². The first-order valence-electron chi connectivity index (χ1n) is 8.47. The molecule has 3 aromatic rings. The third-order valence-electron chi connectivity index (χ3n) is 4.53. The second-order valence-corrected chi connectivity index (χ2v) is 6.49. The fraction of sp³-hybridized carbons (Fsp3) is 0.150. The molecule has 6 nitrogen and oxygen atoms in total. The number of hydrogen-bond donors (Lipinski definition) is 2. The second kappa shape index (κ2) is 6.77. The maximum absolute atomic E-state index is 13.0. The number of halogens is 1. The molecule has 2 aromatic carbocycles. The van der Waals surface area contributed by atoms with E-state index in [1.807, 2.05) is 23.1 Å². The van der Waals surface area contributed by atoms with Gasteiger partial charge in [-0.15, -0.1) is 10.2 Å². The maximum atomic E-state index is 13.0. The van der Waals surface area contributed by atoms with Gasteiger partial charge in [0.05, 0.1) is 13.1 Å². The minimum Gasteiger partial charge on any atom is -0.381 e. The van der Waals surface area contributed by atoms with Crippen molar-refractivity contribution in [2.75, 3.05) is 23.3 Å². The molecule has 136 valence electrons. The van der Waals surface area contributed by atoms with Crippen molar-refractivity contribution in [1.82, 2.24) is 10.2 Å². The van der Waals surface area contributed by atoms with Crippen LogP contribution in [0.4, 0.5) is 15.9 Å². The lowest BCUT2D eigenvalue weighted by Gasteiger charge is -2.47. The van der Waals surface area contributed by atoms with Crippen LogP contribution in [0.25, 0.3) is 0 Å². The molecule has 1 aromatic heterocycles. The number of β-amino-alcohol motifs (C(OH)–C–C–N with tert-alkyl or cyclic N) is 1. The van der Waals surface area contributed by atoms with E-state index in [4.69, 9.17) is 0 Å². The number of nitrogens with zero attached hydrogens (tertiary/aromatic N) is 3. The number of hydrogen-bond acceptors (Lipinski definition) is 5. The van der Waals surface area contributed by atoms with Crippen LogP contribution in [0.2, 0.25) is 0 Å². The Kier molecular flexibility index (Phi) is 4.29. The van der Waals surface area contributed by atoms with Crippen molar-refractivity contribution in [2.45, 2.75) is 5.60 Å². The summed E-state index contributed by atoms with van der Waals surface area (Å²) in [6.45, 7) is 0.645. The highest BCUT2D eigenvalue weighted by Gasteiger charge is 2.43. The molecule has 1 amide bonds. The topological polar surface area (TPSA) is 78.4 Å². The van der Waals surface area contributed by atoms with E-state index in [1.165, 1.54) is 12.1 Å². The molecule has 0 spiro atoms. The minimum absolute atomic E-state index is 0.205. The fourth-order valence-electron chi connectivity index (χ4n) is 3.02. The van der Waals surface area contributed by atoms with Crippen molar-refractivity contribution in [1.29, 1.82) is 0 Å². The number of aliphatic hydroxyl groups is 1. The lowest BCUT2D eigenvalue weighted by molar-refractivity contribution is 0.00690. The van der Waals surface area contributed by atoms with E-state index in [1.54, 1.807) is 36.4 Å². The summed E-state index contributed by atoms with van der Waals surface area (Å²) in [6.07, 6.45) is 0. The Morgan fingerprint density at radius 1 is 1.00 bits per heavy atom. The zero-order chi connectivity index (χ0) is 18.9. The highest BCUT2D eigenvalue weighted by atomic mass is 19.1. The normalized spacial score (nSPS) is 15.1. The van der Waals surface area contributed by atoms with Gasteiger partial charge in [0.2, 0.25) is 0 Å². The number of nitrogens with one attached hydrogen (secondary N) is 1. The van der Waals surface area contributed by atoms with Gasteiger partial charge in [0.25, 0.3) is 5.91 Å². The number of carbonyl (C=O) groups is 1. The van der Waals surface area contributed by atoms with Crippen LogP contribution in [0.1, 0.15) is 16.1 Å². The molecule has 1 fully saturated rings. The van der Waals surface area contributed by atoms with Gasteiger partial charge in [-0.1, -0.05) is 30.3 Å². The van der Waals surface area contributed by atoms with Crippen LogP contribution in [0, 0.1) is 5.82 Å². The summed E-state index contributed by atoms with van der Waals surface area (Å²) >= 11 is 0. The van der Waals surface area contributed by atoms with Crippen LogP contribution in [-0.4, -0.2) is 34.3 Å². The van der Waals surface area contributed by atoms with Crippen molar-refractivity contribution >= 4 is 17.4 Å². The number of benzene rings is 2. The van der Waals surface area contributed by atoms with Crippen molar-refractivity contribution in [3.63, 3.8) is 0 Å². The van der Waals surface area contributed by atoms with Gasteiger partial charge in [-0.05, 0) is 42.0 Å². The van der Waals surface area contributed by atoms with Crippen LogP contribution in [-0.2, 0) is 5.60 Å². The molecule has 0 aliphatic carbocycles. The van der Waals surface area contributed by atoms with Crippen LogP contribution < -0.4 is 10.2 Å². The molecule has 2 heterocycles. The van der Waals surface area contributed by atoms with E-state index >= 15 is 0 Å². The molecule has 2 N–H and O–H groups in total. The third kappa shape index (κ3) is 3.50. The van der Waals surface area contributed by atoms with E-state index in [2.05, 4.69) is 15.5 Å². The predicted molar refractivity (Wildman–Crippen MR) is 98.9 cm³/mol. The maximum Gasteiger partial charge on any atom is 0.276 e. The summed E-state index contributed by atoms with van der Waals surface area (Å²) in [4.78, 5) is 14.0. The Morgan fingerprint density at radius 3 is 2.33 bits per heavy atom. The summed E-state index contributed by atoms with van der Waals surface area (Å²) in [6, 6.07) is 18.2. The summed E-state index contributed by atoms with van der Waals surface area (Å²) in [5.41, 5.74) is 0.503. The smallest absolute Gasteiger partial charge is 0.276 e. The number of rotatable bonds is 4. The zero-order valence-electron chi connectivity index (χ0n) is 14.3. The molecule has 1 saturated heterocycles. The summed E-state index contributed by atoms with van der Waals surface area (Å²) in [7, 11) is 0. The van der Waals surface area contributed by atoms with Crippen LogP contribution in [0.5, 0.6) is 0 Å². The molecule has 7 heteroatoms. The first-order chi connectivity index (χ1) is 13.0. The molecule has 27 heavy (non-hydrogen) atoms. The number of amides is 1. The van der Waals surface area contributed by atoms with Crippen molar-refractivity contribution in [3.8, 4) is 0 Å². The highest BCUT2D eigenvalue weighted by molar-refractivity contribution is 6.02. The Morgan fingerprint density at radius 2 is 1.70 bits per heavy atom. The second-order valence-electron chi connectivity index (χ2n) is 6.49. The fourth-order valence-corrected chi connectivity index (χ4v) is 3.02. The van der Waals surface area contributed by atoms with Gasteiger partial charge in [-0.3, -0.25) is 4.79 Å². The minimum atomic E-state index is -1.04. The predicted octanol–water partition coefficient (Wildman–Crippen LogP) is 2.58. The van der Waals surface area contributed by atoms with Gasteiger partial charge in [0.15, 0.2) is 11.5 Å². The average molecular weight is 364 g/mol. The Balaban J connectivity index is 1.40. The van der Waals surface area contributed by atoms with E-state index in [0.29, 0.717) is 30.2 Å². The van der Waals surface area contributed by atoms with Crippen molar-refractivity contribution in [3.05, 3.63) is 83.8 Å². The van der Waals surface area contributed by atoms with E-state index < -0.39 is 5.60 Å². The van der Waals surface area contributed by atoms with Crippen LogP contribution in [0.3, 0.4) is 0 Å². The summed E-state index contributed by atoms with van der Waals surface area (Å²) in [5.74, 6) is -0.113. The molecule has 0 atom stereocenters. The third-order valence-corrected chi connectivity index (χ3v) is 4.53. The van der Waals surface area contributed by atoms with Crippen molar-refractivity contribution in [2.24, 2.45) is 0 Å². The molecule has 1 aliphatic heterocycles. The quantitative estimate of drug-likeness (QED) is 0.744. The Hall–Kier alpha value is -3.32. The van der Waals surface area contributed by atoms with Crippen LogP contribution >= 0.6 is 0 Å². The van der Waals surface area contributed by atoms with E-state index in [-0.39, 0.29) is 17.4 Å². The summed E-state index contributed by atoms with van der Waals surface area (Å²) in [5, 5.41) is 21.4. The zero-order valence-corrected chi connectivity index (χ0v) is 14.3. The largest absolute Gasteiger partial charge is 0.381 e. The van der Waals surface area contributed by atoms with Gasteiger partial charge in [0.1, 0.15) is 11.4 Å². The molecule has 1 aliphatic rings. The van der Waals surface area contributed by atoms with Gasteiger partial charge in [-0.25, -0.2) is 4.39 Å². The first kappa shape index (κ1) is 17.1. The average Bonchev–Trinajstić information content (AvgIpc) is 2.67.